The number of rotatable bonds is 3. The molecule has 0 atom stereocenters. The molecular weight excluding hydrogens is 235 g/mol. The van der Waals surface area contributed by atoms with E-state index in [0.717, 1.165) is 22.7 Å². The molecule has 2 N–H and O–H groups in total. The lowest BCUT2D eigenvalue weighted by Gasteiger charge is -2.15. The van der Waals surface area contributed by atoms with Gasteiger partial charge in [-0.1, -0.05) is 0 Å². The molecule has 0 unspecified atom stereocenters. The molecule has 0 aliphatic carbocycles. The van der Waals surface area contributed by atoms with E-state index in [-0.39, 0.29) is 11.4 Å². The SMILES string of the molecule is CC(C)(N)Cc1nc(-c2ccc(F)cc2)cs1. The Bertz CT molecular complexity index is 497. The Balaban J connectivity index is 2.21. The zero-order chi connectivity index (χ0) is 12.5. The number of halogens is 1. The quantitative estimate of drug-likeness (QED) is 0.908. The summed E-state index contributed by atoms with van der Waals surface area (Å²) in [4.78, 5) is 4.51. The molecule has 0 saturated heterocycles. The first-order valence-corrected chi connectivity index (χ1v) is 6.31. The summed E-state index contributed by atoms with van der Waals surface area (Å²) in [7, 11) is 0. The molecule has 0 spiro atoms. The van der Waals surface area contributed by atoms with E-state index in [0.29, 0.717) is 0 Å². The van der Waals surface area contributed by atoms with E-state index in [1.54, 1.807) is 23.5 Å². The topological polar surface area (TPSA) is 38.9 Å². The summed E-state index contributed by atoms with van der Waals surface area (Å²) in [5.41, 5.74) is 7.52. The molecule has 0 aliphatic heterocycles. The van der Waals surface area contributed by atoms with Crippen LogP contribution in [0.5, 0.6) is 0 Å². The molecule has 2 nitrogen and oxygen atoms in total. The van der Waals surface area contributed by atoms with Crippen molar-refractivity contribution in [3.05, 3.63) is 40.5 Å². The smallest absolute Gasteiger partial charge is 0.123 e. The van der Waals surface area contributed by atoms with Gasteiger partial charge in [0.15, 0.2) is 0 Å². The summed E-state index contributed by atoms with van der Waals surface area (Å²) in [6.07, 6.45) is 0.749. The predicted molar refractivity (Wildman–Crippen MR) is 69.5 cm³/mol. The van der Waals surface area contributed by atoms with E-state index in [9.17, 15) is 4.39 Å². The summed E-state index contributed by atoms with van der Waals surface area (Å²) in [5, 5.41) is 2.99. The molecule has 2 rings (SSSR count). The summed E-state index contributed by atoms with van der Waals surface area (Å²) >= 11 is 1.59. The van der Waals surface area contributed by atoms with Crippen molar-refractivity contribution < 1.29 is 4.39 Å². The Morgan fingerprint density at radius 2 is 1.94 bits per heavy atom. The zero-order valence-electron chi connectivity index (χ0n) is 9.90. The molecule has 90 valence electrons. The van der Waals surface area contributed by atoms with E-state index in [1.807, 2.05) is 19.2 Å². The maximum absolute atomic E-state index is 12.8. The number of thiazole rings is 1. The molecule has 2 aromatic rings. The van der Waals surface area contributed by atoms with E-state index >= 15 is 0 Å². The van der Waals surface area contributed by atoms with Crippen LogP contribution in [0.3, 0.4) is 0 Å². The van der Waals surface area contributed by atoms with Gasteiger partial charge in [0.1, 0.15) is 5.82 Å². The Morgan fingerprint density at radius 3 is 2.53 bits per heavy atom. The average Bonchev–Trinajstić information content (AvgIpc) is 2.64. The molecule has 0 saturated carbocycles. The third-order valence-electron chi connectivity index (χ3n) is 2.30. The van der Waals surface area contributed by atoms with Crippen molar-refractivity contribution in [3.8, 4) is 11.3 Å². The summed E-state index contributed by atoms with van der Waals surface area (Å²) in [5.74, 6) is -0.229. The minimum Gasteiger partial charge on any atom is -0.325 e. The van der Waals surface area contributed by atoms with Crippen LogP contribution in [0.1, 0.15) is 18.9 Å². The molecule has 4 heteroatoms. The summed E-state index contributed by atoms with van der Waals surface area (Å²) < 4.78 is 12.8. The fraction of sp³-hybridized carbons (Fsp3) is 0.308. The molecule has 0 amide bonds. The van der Waals surface area contributed by atoms with Gasteiger partial charge in [-0.25, -0.2) is 9.37 Å². The number of hydrogen-bond acceptors (Lipinski definition) is 3. The van der Waals surface area contributed by atoms with Crippen LogP contribution in [0.2, 0.25) is 0 Å². The second-order valence-corrected chi connectivity index (χ2v) is 5.74. The Morgan fingerprint density at radius 1 is 1.29 bits per heavy atom. The Kier molecular flexibility index (Phi) is 3.26. The van der Waals surface area contributed by atoms with Gasteiger partial charge in [0.05, 0.1) is 10.7 Å². The van der Waals surface area contributed by atoms with E-state index in [2.05, 4.69) is 4.98 Å². The second-order valence-electron chi connectivity index (χ2n) is 4.80. The highest BCUT2D eigenvalue weighted by Crippen LogP contribution is 2.23. The molecule has 0 aliphatic rings. The first kappa shape index (κ1) is 12.2. The maximum Gasteiger partial charge on any atom is 0.123 e. The zero-order valence-corrected chi connectivity index (χ0v) is 10.7. The van der Waals surface area contributed by atoms with E-state index in [1.165, 1.54) is 12.1 Å². The summed E-state index contributed by atoms with van der Waals surface area (Å²) in [6.45, 7) is 3.96. The lowest BCUT2D eigenvalue weighted by atomic mass is 10.0. The van der Waals surface area contributed by atoms with Gasteiger partial charge in [-0.15, -0.1) is 11.3 Å². The van der Waals surface area contributed by atoms with Crippen molar-refractivity contribution >= 4 is 11.3 Å². The van der Waals surface area contributed by atoms with Crippen molar-refractivity contribution in [1.82, 2.24) is 4.98 Å². The van der Waals surface area contributed by atoms with Crippen LogP contribution in [-0.2, 0) is 6.42 Å². The number of benzene rings is 1. The van der Waals surface area contributed by atoms with Crippen LogP contribution in [0.25, 0.3) is 11.3 Å². The fourth-order valence-corrected chi connectivity index (χ4v) is 2.58. The normalized spacial score (nSPS) is 11.8. The highest BCUT2D eigenvalue weighted by Gasteiger charge is 2.14. The molecule has 17 heavy (non-hydrogen) atoms. The van der Waals surface area contributed by atoms with Crippen molar-refractivity contribution in [2.75, 3.05) is 0 Å². The minimum atomic E-state index is -0.252. The van der Waals surface area contributed by atoms with Crippen LogP contribution >= 0.6 is 11.3 Å². The number of nitrogens with zero attached hydrogens (tertiary/aromatic N) is 1. The molecule has 1 aromatic carbocycles. The van der Waals surface area contributed by atoms with E-state index in [4.69, 9.17) is 5.73 Å². The highest BCUT2D eigenvalue weighted by atomic mass is 32.1. The van der Waals surface area contributed by atoms with Crippen LogP contribution in [0.15, 0.2) is 29.6 Å². The van der Waals surface area contributed by atoms with Gasteiger partial charge in [0.25, 0.3) is 0 Å². The highest BCUT2D eigenvalue weighted by molar-refractivity contribution is 7.09. The van der Waals surface area contributed by atoms with Gasteiger partial charge in [-0.2, -0.15) is 0 Å². The van der Waals surface area contributed by atoms with Gasteiger partial charge < -0.3 is 5.73 Å². The monoisotopic (exact) mass is 250 g/mol. The van der Waals surface area contributed by atoms with Gasteiger partial charge in [-0.3, -0.25) is 0 Å². The van der Waals surface area contributed by atoms with Crippen LogP contribution < -0.4 is 5.73 Å². The van der Waals surface area contributed by atoms with Crippen LogP contribution in [-0.4, -0.2) is 10.5 Å². The van der Waals surface area contributed by atoms with Crippen molar-refractivity contribution in [2.24, 2.45) is 5.73 Å². The largest absolute Gasteiger partial charge is 0.325 e. The molecule has 0 radical (unpaired) electrons. The predicted octanol–water partition coefficient (Wildman–Crippen LogP) is 3.23. The third-order valence-corrected chi connectivity index (χ3v) is 3.15. The van der Waals surface area contributed by atoms with Gasteiger partial charge >= 0.3 is 0 Å². The third kappa shape index (κ3) is 3.35. The first-order valence-electron chi connectivity index (χ1n) is 5.43. The molecule has 0 bridgehead atoms. The van der Waals surface area contributed by atoms with E-state index < -0.39 is 0 Å². The number of aromatic nitrogens is 1. The van der Waals surface area contributed by atoms with Crippen LogP contribution in [0, 0.1) is 5.82 Å². The maximum atomic E-state index is 12.8. The van der Waals surface area contributed by atoms with Crippen molar-refractivity contribution in [2.45, 2.75) is 25.8 Å². The number of hydrogen-bond donors (Lipinski definition) is 1. The Labute approximate surface area is 104 Å². The molecule has 0 fully saturated rings. The molecule has 1 aromatic heterocycles. The van der Waals surface area contributed by atoms with Gasteiger partial charge in [-0.05, 0) is 38.1 Å². The lowest BCUT2D eigenvalue weighted by Crippen LogP contribution is -2.34. The minimum absolute atomic E-state index is 0.229. The second kappa shape index (κ2) is 4.55. The van der Waals surface area contributed by atoms with Crippen molar-refractivity contribution in [1.29, 1.82) is 0 Å². The summed E-state index contributed by atoms with van der Waals surface area (Å²) in [6, 6.07) is 6.37. The number of nitrogens with two attached hydrogens (primary N) is 1. The lowest BCUT2D eigenvalue weighted by molar-refractivity contribution is 0.515. The van der Waals surface area contributed by atoms with Gasteiger partial charge in [0.2, 0.25) is 0 Å². The first-order chi connectivity index (χ1) is 7.94. The molecule has 1 heterocycles. The van der Waals surface area contributed by atoms with Crippen molar-refractivity contribution in [3.63, 3.8) is 0 Å². The van der Waals surface area contributed by atoms with Gasteiger partial charge in [0, 0.05) is 22.9 Å². The Hall–Kier alpha value is -1.26. The molecular formula is C13H15FN2S. The standard InChI is InChI=1S/C13H15FN2S/c1-13(2,15)7-12-16-11(8-17-12)9-3-5-10(14)6-4-9/h3-6,8H,7,15H2,1-2H3. The fourth-order valence-electron chi connectivity index (χ4n) is 1.54. The average molecular weight is 250 g/mol. The van der Waals surface area contributed by atoms with Crippen LogP contribution in [0.4, 0.5) is 4.39 Å².